The molecular weight excluding hydrogens is 494 g/mol. The highest BCUT2D eigenvalue weighted by atomic mass is 16.5. The summed E-state index contributed by atoms with van der Waals surface area (Å²) < 4.78 is 11.4. The first-order chi connectivity index (χ1) is 19.0. The number of aromatic nitrogens is 1. The van der Waals surface area contributed by atoms with Gasteiger partial charge in [0.15, 0.2) is 0 Å². The van der Waals surface area contributed by atoms with Gasteiger partial charge in [-0.05, 0) is 81.6 Å². The third-order valence-electron chi connectivity index (χ3n) is 7.08. The lowest BCUT2D eigenvalue weighted by atomic mass is 9.97. The average Bonchev–Trinajstić information content (AvgIpc) is 3.24. The molecule has 1 atom stereocenters. The van der Waals surface area contributed by atoms with Crippen molar-refractivity contribution in [3.63, 3.8) is 0 Å². The average molecular weight is 528 g/mol. The molecule has 8 nitrogen and oxygen atoms in total. The maximum absolute atomic E-state index is 13.5. The number of piperidine rings is 1. The summed E-state index contributed by atoms with van der Waals surface area (Å²) in [6.07, 6.45) is 5.16. The van der Waals surface area contributed by atoms with Crippen LogP contribution in [0.5, 0.6) is 11.5 Å². The summed E-state index contributed by atoms with van der Waals surface area (Å²) in [4.78, 5) is 35.3. The molecule has 2 aromatic carbocycles. The Morgan fingerprint density at radius 3 is 2.31 bits per heavy atom. The Bertz CT molecular complexity index is 1360. The molecule has 3 heterocycles. The predicted octanol–water partition coefficient (Wildman–Crippen LogP) is 5.50. The molecule has 0 aliphatic carbocycles. The zero-order valence-electron chi connectivity index (χ0n) is 22.3. The van der Waals surface area contributed by atoms with Gasteiger partial charge in [-0.2, -0.15) is 0 Å². The molecule has 0 saturated carbocycles. The van der Waals surface area contributed by atoms with Gasteiger partial charge in [-0.3, -0.25) is 19.5 Å². The molecule has 8 heteroatoms. The fourth-order valence-corrected chi connectivity index (χ4v) is 5.27. The quantitative estimate of drug-likeness (QED) is 0.235. The van der Waals surface area contributed by atoms with Gasteiger partial charge in [0.25, 0.3) is 11.7 Å². The molecule has 39 heavy (non-hydrogen) atoms. The number of ether oxygens (including phenoxy) is 2. The van der Waals surface area contributed by atoms with Gasteiger partial charge >= 0.3 is 0 Å². The molecule has 1 aromatic heterocycles. The lowest BCUT2D eigenvalue weighted by Crippen LogP contribution is -2.31. The van der Waals surface area contributed by atoms with Crippen LogP contribution in [-0.2, 0) is 9.59 Å². The van der Waals surface area contributed by atoms with E-state index in [4.69, 9.17) is 9.47 Å². The number of aliphatic hydroxyl groups excluding tert-OH is 1. The van der Waals surface area contributed by atoms with E-state index in [2.05, 4.69) is 9.88 Å². The monoisotopic (exact) mass is 527 g/mol. The van der Waals surface area contributed by atoms with E-state index in [-0.39, 0.29) is 11.3 Å². The van der Waals surface area contributed by atoms with E-state index in [0.29, 0.717) is 41.7 Å². The zero-order valence-corrected chi connectivity index (χ0v) is 22.3. The van der Waals surface area contributed by atoms with Crippen LogP contribution in [0.3, 0.4) is 0 Å². The van der Waals surface area contributed by atoms with Gasteiger partial charge in [0.05, 0.1) is 30.0 Å². The van der Waals surface area contributed by atoms with Gasteiger partial charge in [-0.1, -0.05) is 6.07 Å². The second-order valence-corrected chi connectivity index (χ2v) is 9.51. The molecule has 2 saturated heterocycles. The van der Waals surface area contributed by atoms with Crippen molar-refractivity contribution in [1.29, 1.82) is 0 Å². The fourth-order valence-electron chi connectivity index (χ4n) is 5.27. The number of hydrogen-bond donors (Lipinski definition) is 1. The lowest BCUT2D eigenvalue weighted by Gasteiger charge is -2.30. The number of carbonyl (C=O) groups is 2. The number of amides is 1. The Balaban J connectivity index is 1.60. The van der Waals surface area contributed by atoms with Crippen molar-refractivity contribution in [2.75, 3.05) is 36.1 Å². The number of aliphatic hydroxyl groups is 1. The molecule has 5 rings (SSSR count). The normalized spacial score (nSPS) is 18.9. The number of Topliss-reactive ketones (excluding diaryl/α,β-unsaturated/α-hetero) is 1. The molecule has 1 unspecified atom stereocenters. The maximum Gasteiger partial charge on any atom is 0.300 e. The number of ketones is 1. The number of hydrogen-bond acceptors (Lipinski definition) is 7. The topological polar surface area (TPSA) is 92.2 Å². The van der Waals surface area contributed by atoms with Crippen LogP contribution in [0.4, 0.5) is 11.4 Å². The van der Waals surface area contributed by atoms with E-state index < -0.39 is 17.7 Å². The highest BCUT2D eigenvalue weighted by molar-refractivity contribution is 6.51. The summed E-state index contributed by atoms with van der Waals surface area (Å²) in [5, 5.41) is 11.6. The molecule has 0 spiro atoms. The van der Waals surface area contributed by atoms with Gasteiger partial charge < -0.3 is 19.5 Å². The fraction of sp³-hybridized carbons (Fsp3) is 0.323. The van der Waals surface area contributed by atoms with E-state index in [1.165, 1.54) is 11.3 Å². The predicted molar refractivity (Wildman–Crippen MR) is 150 cm³/mol. The first-order valence-corrected chi connectivity index (χ1v) is 13.5. The minimum absolute atomic E-state index is 0.0380. The first kappa shape index (κ1) is 26.3. The van der Waals surface area contributed by atoms with E-state index in [0.717, 1.165) is 31.6 Å². The van der Waals surface area contributed by atoms with Crippen LogP contribution in [0.2, 0.25) is 0 Å². The van der Waals surface area contributed by atoms with Crippen molar-refractivity contribution < 1.29 is 24.2 Å². The maximum atomic E-state index is 13.5. The highest BCUT2D eigenvalue weighted by Gasteiger charge is 2.48. The van der Waals surface area contributed by atoms with Gasteiger partial charge in [-0.25, -0.2) is 0 Å². The third-order valence-corrected chi connectivity index (χ3v) is 7.08. The zero-order chi connectivity index (χ0) is 27.4. The van der Waals surface area contributed by atoms with Gasteiger partial charge in [0, 0.05) is 36.7 Å². The second kappa shape index (κ2) is 11.6. The smallest absolute Gasteiger partial charge is 0.300 e. The van der Waals surface area contributed by atoms with E-state index in [9.17, 15) is 14.7 Å². The largest absolute Gasteiger partial charge is 0.507 e. The Morgan fingerprint density at radius 2 is 1.64 bits per heavy atom. The van der Waals surface area contributed by atoms with Gasteiger partial charge in [-0.15, -0.1) is 0 Å². The van der Waals surface area contributed by atoms with E-state index in [1.807, 2.05) is 38.1 Å². The number of rotatable bonds is 8. The minimum atomic E-state index is -0.909. The molecule has 1 amide bonds. The van der Waals surface area contributed by atoms with Crippen molar-refractivity contribution in [2.24, 2.45) is 0 Å². The van der Waals surface area contributed by atoms with Crippen molar-refractivity contribution in [3.05, 3.63) is 83.7 Å². The number of nitrogens with zero attached hydrogens (tertiary/aromatic N) is 3. The van der Waals surface area contributed by atoms with Crippen LogP contribution in [0, 0.1) is 0 Å². The molecule has 0 bridgehead atoms. The van der Waals surface area contributed by atoms with Crippen LogP contribution < -0.4 is 19.3 Å². The van der Waals surface area contributed by atoms with Crippen molar-refractivity contribution >= 4 is 28.8 Å². The SMILES string of the molecule is CCOc1ccc(/C(O)=C2/C(=O)C(=O)N(c3ccc(N4CCCCC4)cc3)C2c2ccccn2)c(OCC)c1. The molecule has 202 valence electrons. The molecule has 3 aromatic rings. The summed E-state index contributed by atoms with van der Waals surface area (Å²) in [6.45, 7) is 6.53. The van der Waals surface area contributed by atoms with Gasteiger partial charge in [0.1, 0.15) is 23.3 Å². The number of anilines is 2. The van der Waals surface area contributed by atoms with Crippen molar-refractivity contribution in [1.82, 2.24) is 4.98 Å². The van der Waals surface area contributed by atoms with Gasteiger partial charge in [0.2, 0.25) is 0 Å². The second-order valence-electron chi connectivity index (χ2n) is 9.51. The lowest BCUT2D eigenvalue weighted by molar-refractivity contribution is -0.132. The van der Waals surface area contributed by atoms with Crippen molar-refractivity contribution in [3.8, 4) is 11.5 Å². The molecule has 2 aliphatic rings. The van der Waals surface area contributed by atoms with Crippen LogP contribution in [0.1, 0.15) is 50.4 Å². The molecule has 0 radical (unpaired) electrons. The number of carbonyl (C=O) groups excluding carboxylic acids is 2. The number of benzene rings is 2. The summed E-state index contributed by atoms with van der Waals surface area (Å²) in [5.41, 5.74) is 2.38. The molecule has 1 N–H and O–H groups in total. The van der Waals surface area contributed by atoms with Crippen LogP contribution >= 0.6 is 0 Å². The molecule has 2 fully saturated rings. The molecular formula is C31H33N3O5. The molecule has 2 aliphatic heterocycles. The summed E-state index contributed by atoms with van der Waals surface area (Å²) in [7, 11) is 0. The Hall–Kier alpha value is -4.33. The minimum Gasteiger partial charge on any atom is -0.507 e. The highest BCUT2D eigenvalue weighted by Crippen LogP contribution is 2.43. The van der Waals surface area contributed by atoms with E-state index in [1.54, 1.807) is 42.6 Å². The first-order valence-electron chi connectivity index (χ1n) is 13.5. The Labute approximate surface area is 228 Å². The summed E-state index contributed by atoms with van der Waals surface area (Å²) in [5.74, 6) is -0.879. The standard InChI is InChI=1S/C31H33N3O5/c1-3-38-23-15-16-24(26(20-23)39-4-2)29(35)27-28(25-10-6-7-17-32-25)34(31(37)30(27)36)22-13-11-21(12-14-22)33-18-8-5-9-19-33/h6-7,10-17,20,28,35H,3-5,8-9,18-19H2,1-2H3/b29-27-. The third kappa shape index (κ3) is 5.19. The summed E-state index contributed by atoms with van der Waals surface area (Å²) in [6, 6.07) is 17.1. The Morgan fingerprint density at radius 1 is 0.923 bits per heavy atom. The van der Waals surface area contributed by atoms with Crippen molar-refractivity contribution in [2.45, 2.75) is 39.2 Å². The van der Waals surface area contributed by atoms with Crippen LogP contribution in [0.25, 0.3) is 5.76 Å². The van der Waals surface area contributed by atoms with E-state index >= 15 is 0 Å². The Kier molecular flexibility index (Phi) is 7.81. The van der Waals surface area contributed by atoms with Crippen LogP contribution in [-0.4, -0.2) is 48.1 Å². The summed E-state index contributed by atoms with van der Waals surface area (Å²) >= 11 is 0. The van der Waals surface area contributed by atoms with Crippen LogP contribution in [0.15, 0.2) is 72.4 Å². The number of pyridine rings is 1.